The number of carbonyl (C=O) groups is 1. The molecule has 2 atom stereocenters. The first-order valence-corrected chi connectivity index (χ1v) is 9.83. The molecule has 1 heterocycles. The SMILES string of the molecule is Br.CN1CC[C@@]2(c3cccc(O)c3)CC(=O)/C(=C/c3ccc(Cl)c(Cl)c3)[C@H]1C2. The highest BCUT2D eigenvalue weighted by Crippen LogP contribution is 2.48. The number of hydrogen-bond acceptors (Lipinski definition) is 3. The second-order valence-corrected chi connectivity index (χ2v) is 8.47. The Bertz CT molecular complexity index is 946. The fourth-order valence-electron chi connectivity index (χ4n) is 4.44. The van der Waals surface area contributed by atoms with Crippen molar-refractivity contribution in [3.63, 3.8) is 0 Å². The van der Waals surface area contributed by atoms with Crippen LogP contribution in [0.25, 0.3) is 6.08 Å². The largest absolute Gasteiger partial charge is 0.508 e. The molecule has 3 nitrogen and oxygen atoms in total. The number of hydrogen-bond donors (Lipinski definition) is 1. The molecule has 1 aliphatic heterocycles. The number of likely N-dealkylation sites (tertiary alicyclic amines) is 1. The number of rotatable bonds is 2. The summed E-state index contributed by atoms with van der Waals surface area (Å²) in [4.78, 5) is 15.4. The fraction of sp³-hybridized carbons (Fsp3) is 0.318. The molecular weight excluding hydrogens is 461 g/mol. The summed E-state index contributed by atoms with van der Waals surface area (Å²) >= 11 is 12.1. The zero-order chi connectivity index (χ0) is 19.2. The number of carbonyl (C=O) groups excluding carboxylic acids is 1. The van der Waals surface area contributed by atoms with Crippen LogP contribution in [0.4, 0.5) is 0 Å². The quantitative estimate of drug-likeness (QED) is 0.561. The molecule has 1 saturated heterocycles. The van der Waals surface area contributed by atoms with E-state index in [1.807, 2.05) is 30.3 Å². The normalized spacial score (nSPS) is 26.2. The third-order valence-corrected chi connectivity index (χ3v) is 6.70. The van der Waals surface area contributed by atoms with Gasteiger partial charge < -0.3 is 5.11 Å². The number of nitrogens with zero attached hydrogens (tertiary/aromatic N) is 1. The van der Waals surface area contributed by atoms with Crippen molar-refractivity contribution in [1.29, 1.82) is 0 Å². The molecule has 6 heteroatoms. The highest BCUT2D eigenvalue weighted by Gasteiger charge is 2.48. The standard InChI is InChI=1S/C22H21Cl2NO2.BrH/c1-25-8-7-22(15-3-2-4-16(26)11-15)12-20(25)17(21(27)13-22)9-14-5-6-18(23)19(24)10-14;/h2-6,9-11,20,26H,7-8,12-13H2,1H3;1H/b17-9+;/t20-,22+;/m1./s1. The van der Waals surface area contributed by atoms with Gasteiger partial charge in [0.15, 0.2) is 5.78 Å². The first-order valence-electron chi connectivity index (χ1n) is 9.08. The van der Waals surface area contributed by atoms with E-state index in [0.29, 0.717) is 16.5 Å². The van der Waals surface area contributed by atoms with Crippen molar-refractivity contribution in [2.24, 2.45) is 0 Å². The van der Waals surface area contributed by atoms with Gasteiger partial charge >= 0.3 is 0 Å². The molecule has 2 bridgehead atoms. The van der Waals surface area contributed by atoms with Crippen LogP contribution in [0, 0.1) is 0 Å². The number of phenolic OH excluding ortho intramolecular Hbond substituents is 1. The van der Waals surface area contributed by atoms with E-state index in [1.165, 1.54) is 0 Å². The number of phenols is 1. The van der Waals surface area contributed by atoms with Gasteiger partial charge in [0.2, 0.25) is 0 Å². The molecule has 4 rings (SSSR count). The first-order chi connectivity index (χ1) is 12.9. The number of benzene rings is 2. The van der Waals surface area contributed by atoms with Gasteiger partial charge in [-0.1, -0.05) is 41.4 Å². The zero-order valence-corrected chi connectivity index (χ0v) is 18.7. The molecule has 0 unspecified atom stereocenters. The minimum atomic E-state index is -0.206. The Morgan fingerprint density at radius 2 is 1.96 bits per heavy atom. The van der Waals surface area contributed by atoms with Crippen molar-refractivity contribution >= 4 is 52.0 Å². The molecule has 0 radical (unpaired) electrons. The molecule has 0 amide bonds. The molecule has 1 saturated carbocycles. The summed E-state index contributed by atoms with van der Waals surface area (Å²) in [7, 11) is 2.07. The average Bonchev–Trinajstić information content (AvgIpc) is 2.64. The van der Waals surface area contributed by atoms with Gasteiger partial charge in [-0.25, -0.2) is 0 Å². The van der Waals surface area contributed by atoms with Gasteiger partial charge in [0.05, 0.1) is 10.0 Å². The summed E-state index contributed by atoms with van der Waals surface area (Å²) in [6.07, 6.45) is 4.19. The van der Waals surface area contributed by atoms with Crippen molar-refractivity contribution in [2.45, 2.75) is 30.7 Å². The van der Waals surface area contributed by atoms with E-state index >= 15 is 0 Å². The maximum atomic E-state index is 13.2. The van der Waals surface area contributed by atoms with E-state index in [1.54, 1.807) is 18.2 Å². The van der Waals surface area contributed by atoms with Gasteiger partial charge in [-0.15, -0.1) is 17.0 Å². The summed E-state index contributed by atoms with van der Waals surface area (Å²) in [5, 5.41) is 10.9. The Labute approximate surface area is 185 Å². The third-order valence-electron chi connectivity index (χ3n) is 5.96. The lowest BCUT2D eigenvalue weighted by Gasteiger charge is -2.50. The van der Waals surface area contributed by atoms with Gasteiger partial charge in [-0.05, 0) is 67.9 Å². The Balaban J connectivity index is 0.00000225. The smallest absolute Gasteiger partial charge is 0.161 e. The second kappa shape index (κ2) is 8.19. The third kappa shape index (κ3) is 3.88. The fourth-order valence-corrected chi connectivity index (χ4v) is 4.74. The number of piperidine rings is 1. The van der Waals surface area contributed by atoms with Crippen LogP contribution in [-0.2, 0) is 10.2 Å². The summed E-state index contributed by atoms with van der Waals surface area (Å²) < 4.78 is 0. The molecule has 148 valence electrons. The van der Waals surface area contributed by atoms with Crippen molar-refractivity contribution < 1.29 is 9.90 Å². The number of aromatic hydroxyl groups is 1. The van der Waals surface area contributed by atoms with Crippen LogP contribution in [0.5, 0.6) is 5.75 Å². The molecule has 0 spiro atoms. The molecule has 2 aliphatic rings. The molecule has 1 aliphatic carbocycles. The van der Waals surface area contributed by atoms with Gasteiger partial charge in [0.1, 0.15) is 5.75 Å². The highest BCUT2D eigenvalue weighted by molar-refractivity contribution is 8.93. The van der Waals surface area contributed by atoms with Crippen LogP contribution in [-0.4, -0.2) is 35.4 Å². The predicted molar refractivity (Wildman–Crippen MR) is 120 cm³/mol. The molecule has 28 heavy (non-hydrogen) atoms. The van der Waals surface area contributed by atoms with Gasteiger partial charge in [0.25, 0.3) is 0 Å². The van der Waals surface area contributed by atoms with E-state index in [0.717, 1.165) is 36.1 Å². The minimum absolute atomic E-state index is 0. The summed E-state index contributed by atoms with van der Waals surface area (Å²) in [6.45, 7) is 0.909. The first kappa shape index (κ1) is 21.4. The molecule has 2 aromatic carbocycles. The Kier molecular flexibility index (Phi) is 6.26. The molecule has 2 aromatic rings. The van der Waals surface area contributed by atoms with E-state index in [9.17, 15) is 9.90 Å². The van der Waals surface area contributed by atoms with Crippen molar-refractivity contribution in [1.82, 2.24) is 4.90 Å². The van der Waals surface area contributed by atoms with Gasteiger partial charge in [0, 0.05) is 23.5 Å². The number of fused-ring (bicyclic) bond motifs is 2. The van der Waals surface area contributed by atoms with Crippen molar-refractivity contribution in [2.75, 3.05) is 13.6 Å². The number of Topliss-reactive ketones (excluding diaryl/α,β-unsaturated/α-hetero) is 1. The second-order valence-electron chi connectivity index (χ2n) is 7.65. The predicted octanol–water partition coefficient (Wildman–Crippen LogP) is 5.67. The maximum Gasteiger partial charge on any atom is 0.161 e. The van der Waals surface area contributed by atoms with Crippen LogP contribution in [0.15, 0.2) is 48.0 Å². The highest BCUT2D eigenvalue weighted by atomic mass is 79.9. The molecule has 1 N–H and O–H groups in total. The number of likely N-dealkylation sites (N-methyl/N-ethyl adjacent to an activating group) is 1. The summed E-state index contributed by atoms with van der Waals surface area (Å²) in [6, 6.07) is 12.9. The maximum absolute atomic E-state index is 13.2. The monoisotopic (exact) mass is 481 g/mol. The van der Waals surface area contributed by atoms with E-state index < -0.39 is 0 Å². The van der Waals surface area contributed by atoms with Crippen LogP contribution < -0.4 is 0 Å². The van der Waals surface area contributed by atoms with Gasteiger partial charge in [-0.3, -0.25) is 9.69 Å². The van der Waals surface area contributed by atoms with E-state index in [2.05, 4.69) is 11.9 Å². The lowest BCUT2D eigenvalue weighted by molar-refractivity contribution is -0.120. The molecular formula is C22H22BrCl2NO2. The summed E-state index contributed by atoms with van der Waals surface area (Å²) in [5.74, 6) is 0.411. The van der Waals surface area contributed by atoms with Crippen LogP contribution in [0.2, 0.25) is 10.0 Å². The Hall–Kier alpha value is -1.33. The average molecular weight is 483 g/mol. The minimum Gasteiger partial charge on any atom is -0.508 e. The number of halogens is 3. The Morgan fingerprint density at radius 1 is 1.18 bits per heavy atom. The molecule has 2 fully saturated rings. The van der Waals surface area contributed by atoms with Crippen LogP contribution in [0.1, 0.15) is 30.4 Å². The zero-order valence-electron chi connectivity index (χ0n) is 15.5. The lowest BCUT2D eigenvalue weighted by atomic mass is 9.61. The van der Waals surface area contributed by atoms with E-state index in [4.69, 9.17) is 23.2 Å². The summed E-state index contributed by atoms with van der Waals surface area (Å²) in [5.41, 5.74) is 2.56. The number of ketones is 1. The van der Waals surface area contributed by atoms with Gasteiger partial charge in [-0.2, -0.15) is 0 Å². The van der Waals surface area contributed by atoms with E-state index in [-0.39, 0.29) is 40.0 Å². The topological polar surface area (TPSA) is 40.5 Å². The Morgan fingerprint density at radius 3 is 2.68 bits per heavy atom. The van der Waals surface area contributed by atoms with Crippen molar-refractivity contribution in [3.05, 3.63) is 69.2 Å². The molecule has 0 aromatic heterocycles. The van der Waals surface area contributed by atoms with Crippen LogP contribution >= 0.6 is 40.2 Å². The lowest BCUT2D eigenvalue weighted by Crippen LogP contribution is -2.53. The van der Waals surface area contributed by atoms with Crippen molar-refractivity contribution in [3.8, 4) is 5.75 Å². The van der Waals surface area contributed by atoms with Crippen LogP contribution in [0.3, 0.4) is 0 Å².